The van der Waals surface area contributed by atoms with Crippen LogP contribution in [0, 0.1) is 0 Å². The van der Waals surface area contributed by atoms with Crippen molar-refractivity contribution >= 4 is 32.7 Å². The van der Waals surface area contributed by atoms with Crippen LogP contribution >= 0.6 is 15.9 Å². The van der Waals surface area contributed by atoms with Crippen molar-refractivity contribution in [2.75, 3.05) is 5.73 Å². The zero-order valence-corrected chi connectivity index (χ0v) is 13.4. The minimum absolute atomic E-state index is 0.283. The third kappa shape index (κ3) is 2.13. The molecule has 0 bridgehead atoms. The molecule has 4 nitrogen and oxygen atoms in total. The van der Waals surface area contributed by atoms with Crippen molar-refractivity contribution in [1.29, 1.82) is 0 Å². The van der Waals surface area contributed by atoms with Gasteiger partial charge < -0.3 is 5.73 Å². The van der Waals surface area contributed by atoms with Crippen molar-refractivity contribution in [3.63, 3.8) is 0 Å². The first kappa shape index (κ1) is 13.5. The number of fused-ring (bicyclic) bond motifs is 1. The first-order chi connectivity index (χ1) is 10.6. The van der Waals surface area contributed by atoms with Crippen molar-refractivity contribution < 1.29 is 0 Å². The number of halogens is 1. The number of rotatable bonds is 2. The highest BCUT2D eigenvalue weighted by Crippen LogP contribution is 2.41. The van der Waals surface area contributed by atoms with E-state index in [2.05, 4.69) is 33.0 Å². The van der Waals surface area contributed by atoms with Crippen molar-refractivity contribution in [1.82, 2.24) is 9.55 Å². The van der Waals surface area contributed by atoms with E-state index in [-0.39, 0.29) is 11.5 Å². The summed E-state index contributed by atoms with van der Waals surface area (Å²) in [4.78, 5) is 16.4. The van der Waals surface area contributed by atoms with Gasteiger partial charge in [-0.05, 0) is 64.5 Å². The van der Waals surface area contributed by atoms with Crippen LogP contribution in [-0.2, 0) is 0 Å². The van der Waals surface area contributed by atoms with E-state index < -0.39 is 0 Å². The predicted molar refractivity (Wildman–Crippen MR) is 91.4 cm³/mol. The molecule has 0 saturated heterocycles. The molecule has 0 radical (unpaired) electrons. The zero-order valence-electron chi connectivity index (χ0n) is 11.8. The van der Waals surface area contributed by atoms with Crippen LogP contribution in [0.25, 0.3) is 16.6 Å². The van der Waals surface area contributed by atoms with Gasteiger partial charge in [-0.25, -0.2) is 4.79 Å². The largest absolute Gasteiger partial charge is 0.383 e. The van der Waals surface area contributed by atoms with E-state index in [0.717, 1.165) is 21.1 Å². The molecule has 2 aromatic carbocycles. The second-order valence-corrected chi connectivity index (χ2v) is 6.47. The van der Waals surface area contributed by atoms with E-state index in [1.165, 1.54) is 18.4 Å². The summed E-state index contributed by atoms with van der Waals surface area (Å²) < 4.78 is 2.48. The summed E-state index contributed by atoms with van der Waals surface area (Å²) in [6, 6.07) is 13.8. The van der Waals surface area contributed by atoms with Gasteiger partial charge in [-0.15, -0.1) is 0 Å². The highest BCUT2D eigenvalue weighted by molar-refractivity contribution is 9.10. The number of aromatic nitrogens is 2. The maximum Gasteiger partial charge on any atom is 0.354 e. The molecule has 1 heterocycles. The van der Waals surface area contributed by atoms with Gasteiger partial charge in [0.05, 0.1) is 11.2 Å². The standard InChI is InChI=1S/C17H14BrN3O/c18-13-3-1-2-4-14(13)21-15-9-11(10-5-6-10)7-8-12(15)16(19)20-17(21)22/h1-4,7-10H,5-6H2,(H2,19,20,22). The molecule has 1 aromatic heterocycles. The third-order valence-electron chi connectivity index (χ3n) is 4.09. The normalized spacial score (nSPS) is 14.4. The van der Waals surface area contributed by atoms with Gasteiger partial charge in [0.15, 0.2) is 0 Å². The molecular weight excluding hydrogens is 342 g/mol. The van der Waals surface area contributed by atoms with Crippen molar-refractivity contribution in [3.8, 4) is 5.69 Å². The van der Waals surface area contributed by atoms with Crippen LogP contribution in [0.3, 0.4) is 0 Å². The Morgan fingerprint density at radius 1 is 1.18 bits per heavy atom. The van der Waals surface area contributed by atoms with Gasteiger partial charge in [-0.2, -0.15) is 4.98 Å². The fourth-order valence-electron chi connectivity index (χ4n) is 2.80. The SMILES string of the molecule is Nc1nc(=O)n(-c2ccccc2Br)c2cc(C3CC3)ccc12. The van der Waals surface area contributed by atoms with E-state index in [4.69, 9.17) is 5.73 Å². The number of hydrogen-bond donors (Lipinski definition) is 1. The molecule has 1 aliphatic carbocycles. The maximum atomic E-state index is 12.5. The highest BCUT2D eigenvalue weighted by atomic mass is 79.9. The Balaban J connectivity index is 2.10. The van der Waals surface area contributed by atoms with E-state index in [1.54, 1.807) is 4.57 Å². The predicted octanol–water partition coefficient (Wildman–Crippen LogP) is 3.61. The summed E-state index contributed by atoms with van der Waals surface area (Å²) in [6.45, 7) is 0. The van der Waals surface area contributed by atoms with Crippen LogP contribution in [-0.4, -0.2) is 9.55 Å². The van der Waals surface area contributed by atoms with E-state index in [9.17, 15) is 4.79 Å². The maximum absolute atomic E-state index is 12.5. The number of hydrogen-bond acceptors (Lipinski definition) is 3. The van der Waals surface area contributed by atoms with E-state index in [0.29, 0.717) is 5.92 Å². The fourth-order valence-corrected chi connectivity index (χ4v) is 3.27. The first-order valence-electron chi connectivity index (χ1n) is 7.22. The molecular formula is C17H14BrN3O. The number of nitrogens with zero attached hydrogens (tertiary/aromatic N) is 2. The molecule has 0 spiro atoms. The summed E-state index contributed by atoms with van der Waals surface area (Å²) in [5, 5.41) is 0.805. The quantitative estimate of drug-likeness (QED) is 0.763. The van der Waals surface area contributed by atoms with Gasteiger partial charge in [0, 0.05) is 9.86 Å². The Labute approximate surface area is 135 Å². The molecule has 3 aromatic rings. The summed E-state index contributed by atoms with van der Waals surface area (Å²) in [6.07, 6.45) is 2.43. The Hall–Kier alpha value is -2.14. The molecule has 4 rings (SSSR count). The second kappa shape index (κ2) is 4.95. The monoisotopic (exact) mass is 355 g/mol. The molecule has 1 fully saturated rings. The average Bonchev–Trinajstić information content (AvgIpc) is 3.33. The summed E-state index contributed by atoms with van der Waals surface area (Å²) in [5.41, 5.74) is 8.44. The summed E-state index contributed by atoms with van der Waals surface area (Å²) in [5.74, 6) is 0.896. The molecule has 0 unspecified atom stereocenters. The topological polar surface area (TPSA) is 60.9 Å². The van der Waals surface area contributed by atoms with Crippen LogP contribution in [0.4, 0.5) is 5.82 Å². The Bertz CT molecular complexity index is 944. The van der Waals surface area contributed by atoms with Gasteiger partial charge in [-0.1, -0.05) is 18.2 Å². The molecule has 2 N–H and O–H groups in total. The average molecular weight is 356 g/mol. The van der Waals surface area contributed by atoms with Gasteiger partial charge >= 0.3 is 5.69 Å². The van der Waals surface area contributed by atoms with Gasteiger partial charge in [-0.3, -0.25) is 4.57 Å². The highest BCUT2D eigenvalue weighted by Gasteiger charge is 2.24. The zero-order chi connectivity index (χ0) is 15.3. The smallest absolute Gasteiger partial charge is 0.354 e. The van der Waals surface area contributed by atoms with Crippen molar-refractivity contribution in [2.24, 2.45) is 0 Å². The molecule has 0 atom stereocenters. The lowest BCUT2D eigenvalue weighted by atomic mass is 10.1. The second-order valence-electron chi connectivity index (χ2n) is 5.62. The Kier molecular flexibility index (Phi) is 3.04. The van der Waals surface area contributed by atoms with E-state index in [1.807, 2.05) is 30.3 Å². The first-order valence-corrected chi connectivity index (χ1v) is 8.01. The third-order valence-corrected chi connectivity index (χ3v) is 4.76. The Morgan fingerprint density at radius 2 is 1.95 bits per heavy atom. The molecule has 1 saturated carbocycles. The van der Waals surface area contributed by atoms with Crippen LogP contribution in [0.2, 0.25) is 0 Å². The Morgan fingerprint density at radius 3 is 2.68 bits per heavy atom. The number of anilines is 1. The number of benzene rings is 2. The fraction of sp³-hybridized carbons (Fsp3) is 0.176. The molecule has 0 amide bonds. The van der Waals surface area contributed by atoms with Crippen LogP contribution in [0.5, 0.6) is 0 Å². The van der Waals surface area contributed by atoms with Gasteiger partial charge in [0.2, 0.25) is 0 Å². The van der Waals surface area contributed by atoms with Crippen molar-refractivity contribution in [2.45, 2.75) is 18.8 Å². The van der Waals surface area contributed by atoms with Crippen LogP contribution < -0.4 is 11.4 Å². The molecule has 110 valence electrons. The molecule has 5 heteroatoms. The number of para-hydroxylation sites is 1. The molecule has 22 heavy (non-hydrogen) atoms. The minimum Gasteiger partial charge on any atom is -0.383 e. The van der Waals surface area contributed by atoms with Gasteiger partial charge in [0.1, 0.15) is 5.82 Å². The lowest BCUT2D eigenvalue weighted by Gasteiger charge is -2.13. The summed E-state index contributed by atoms with van der Waals surface area (Å²) in [7, 11) is 0. The lowest BCUT2D eigenvalue weighted by Crippen LogP contribution is -2.23. The van der Waals surface area contributed by atoms with Crippen LogP contribution in [0.1, 0.15) is 24.3 Å². The number of nitrogen functional groups attached to an aromatic ring is 1. The van der Waals surface area contributed by atoms with Crippen LogP contribution in [0.15, 0.2) is 51.7 Å². The minimum atomic E-state index is -0.357. The lowest BCUT2D eigenvalue weighted by molar-refractivity contribution is 0.957. The van der Waals surface area contributed by atoms with Crippen molar-refractivity contribution in [3.05, 3.63) is 63.0 Å². The molecule has 0 aliphatic heterocycles. The van der Waals surface area contributed by atoms with E-state index >= 15 is 0 Å². The summed E-state index contributed by atoms with van der Waals surface area (Å²) >= 11 is 3.51. The number of nitrogens with two attached hydrogens (primary N) is 1. The van der Waals surface area contributed by atoms with Gasteiger partial charge in [0.25, 0.3) is 0 Å². The molecule has 1 aliphatic rings.